The highest BCUT2D eigenvalue weighted by molar-refractivity contribution is 5.94. The number of rotatable bonds is 4. The summed E-state index contributed by atoms with van der Waals surface area (Å²) >= 11 is 0. The molecule has 0 unspecified atom stereocenters. The van der Waals surface area contributed by atoms with Gasteiger partial charge in [0.1, 0.15) is 5.82 Å². The third-order valence-corrected chi connectivity index (χ3v) is 6.23. The number of aromatic nitrogens is 1. The quantitative estimate of drug-likeness (QED) is 0.818. The minimum Gasteiger partial charge on any atom is -0.370 e. The highest BCUT2D eigenvalue weighted by Gasteiger charge is 2.27. The summed E-state index contributed by atoms with van der Waals surface area (Å²) in [6.45, 7) is 1.91. The molecule has 0 bridgehead atoms. The number of pyridine rings is 1. The Morgan fingerprint density at radius 2 is 1.79 bits per heavy atom. The lowest BCUT2D eigenvalue weighted by Crippen LogP contribution is -2.45. The molecule has 1 fully saturated rings. The van der Waals surface area contributed by atoms with E-state index in [0.29, 0.717) is 6.04 Å². The SMILES string of the molecule is CN(C)c1ccc(N2CCC(N(C)C(=O)c3ccc4c(c3)CCC4)CC2)cn1. The number of amides is 1. The molecule has 1 aromatic heterocycles. The number of benzene rings is 1. The van der Waals surface area contributed by atoms with E-state index in [2.05, 4.69) is 34.1 Å². The predicted octanol–water partition coefficient (Wildman–Crippen LogP) is 3.38. The van der Waals surface area contributed by atoms with Gasteiger partial charge in [0.25, 0.3) is 5.91 Å². The molecule has 0 N–H and O–H groups in total. The molecule has 5 nitrogen and oxygen atoms in total. The van der Waals surface area contributed by atoms with Crippen molar-refractivity contribution in [2.75, 3.05) is 44.0 Å². The monoisotopic (exact) mass is 378 g/mol. The molecular formula is C23H30N4O. The second-order valence-corrected chi connectivity index (χ2v) is 8.24. The number of carbonyl (C=O) groups excluding carboxylic acids is 1. The van der Waals surface area contributed by atoms with Crippen molar-refractivity contribution in [2.45, 2.75) is 38.1 Å². The van der Waals surface area contributed by atoms with E-state index in [0.717, 1.165) is 55.8 Å². The van der Waals surface area contributed by atoms with Gasteiger partial charge in [-0.2, -0.15) is 0 Å². The first-order chi connectivity index (χ1) is 13.5. The van der Waals surface area contributed by atoms with Crippen LogP contribution in [0.1, 0.15) is 40.7 Å². The van der Waals surface area contributed by atoms with E-state index in [1.165, 1.54) is 17.5 Å². The molecule has 5 heteroatoms. The van der Waals surface area contributed by atoms with Gasteiger partial charge in [-0.1, -0.05) is 6.07 Å². The largest absolute Gasteiger partial charge is 0.370 e. The van der Waals surface area contributed by atoms with Crippen LogP contribution in [0.3, 0.4) is 0 Å². The Balaban J connectivity index is 1.37. The maximum atomic E-state index is 13.0. The van der Waals surface area contributed by atoms with Gasteiger partial charge in [0.05, 0.1) is 11.9 Å². The second-order valence-electron chi connectivity index (χ2n) is 8.24. The maximum Gasteiger partial charge on any atom is 0.253 e. The van der Waals surface area contributed by atoms with Crippen LogP contribution in [0.25, 0.3) is 0 Å². The summed E-state index contributed by atoms with van der Waals surface area (Å²) in [7, 11) is 5.96. The van der Waals surface area contributed by atoms with Gasteiger partial charge in [-0.3, -0.25) is 4.79 Å². The summed E-state index contributed by atoms with van der Waals surface area (Å²) in [5.74, 6) is 1.13. The third kappa shape index (κ3) is 3.71. The zero-order valence-electron chi connectivity index (χ0n) is 17.2. The van der Waals surface area contributed by atoms with Gasteiger partial charge in [-0.05, 0) is 67.5 Å². The summed E-state index contributed by atoms with van der Waals surface area (Å²) in [6, 6.07) is 10.8. The van der Waals surface area contributed by atoms with Crippen molar-refractivity contribution in [3.8, 4) is 0 Å². The van der Waals surface area contributed by atoms with Gasteiger partial charge in [-0.15, -0.1) is 0 Å². The molecular weight excluding hydrogens is 348 g/mol. The zero-order valence-corrected chi connectivity index (χ0v) is 17.2. The van der Waals surface area contributed by atoms with Crippen LogP contribution in [-0.4, -0.2) is 56.1 Å². The number of hydrogen-bond acceptors (Lipinski definition) is 4. The Bertz CT molecular complexity index is 838. The number of aryl methyl sites for hydroxylation is 2. The molecule has 0 radical (unpaired) electrons. The van der Waals surface area contributed by atoms with Crippen LogP contribution in [-0.2, 0) is 12.8 Å². The second kappa shape index (κ2) is 7.82. The molecule has 0 spiro atoms. The fraction of sp³-hybridized carbons (Fsp3) is 0.478. The van der Waals surface area contributed by atoms with E-state index >= 15 is 0 Å². The first kappa shape index (κ1) is 18.8. The van der Waals surface area contributed by atoms with Crippen molar-refractivity contribution < 1.29 is 4.79 Å². The van der Waals surface area contributed by atoms with Crippen LogP contribution >= 0.6 is 0 Å². The average Bonchev–Trinajstić information content (AvgIpc) is 3.21. The molecule has 2 heterocycles. The van der Waals surface area contributed by atoms with Crippen LogP contribution in [0.4, 0.5) is 11.5 Å². The van der Waals surface area contributed by atoms with Gasteiger partial charge in [0.2, 0.25) is 0 Å². The van der Waals surface area contributed by atoms with Crippen molar-refractivity contribution in [1.29, 1.82) is 0 Å². The predicted molar refractivity (Wildman–Crippen MR) is 114 cm³/mol. The fourth-order valence-electron chi connectivity index (χ4n) is 4.42. The lowest BCUT2D eigenvalue weighted by atomic mass is 10.0. The van der Waals surface area contributed by atoms with Crippen LogP contribution in [0, 0.1) is 0 Å². The maximum absolute atomic E-state index is 13.0. The van der Waals surface area contributed by atoms with Crippen LogP contribution < -0.4 is 9.80 Å². The molecule has 1 aliphatic heterocycles. The number of anilines is 2. The van der Waals surface area contributed by atoms with Crippen molar-refractivity contribution in [1.82, 2.24) is 9.88 Å². The average molecular weight is 379 g/mol. The first-order valence-electron chi connectivity index (χ1n) is 10.3. The lowest BCUT2D eigenvalue weighted by molar-refractivity contribution is 0.0709. The smallest absolute Gasteiger partial charge is 0.253 e. The summed E-state index contributed by atoms with van der Waals surface area (Å²) in [4.78, 5) is 23.9. The van der Waals surface area contributed by atoms with Crippen molar-refractivity contribution in [3.05, 3.63) is 53.2 Å². The van der Waals surface area contributed by atoms with E-state index in [-0.39, 0.29) is 5.91 Å². The standard InChI is InChI=1S/C23H30N4O/c1-25(2)22-10-9-21(16-24-22)27-13-11-20(12-14-27)26(3)23(28)19-8-7-17-5-4-6-18(17)15-19/h7-10,15-16,20H,4-6,11-14H2,1-3H3. The third-order valence-electron chi connectivity index (χ3n) is 6.23. The Morgan fingerprint density at radius 3 is 2.46 bits per heavy atom. The van der Waals surface area contributed by atoms with Crippen molar-refractivity contribution in [3.63, 3.8) is 0 Å². The normalized spacial score (nSPS) is 16.8. The van der Waals surface area contributed by atoms with Crippen molar-refractivity contribution >= 4 is 17.4 Å². The van der Waals surface area contributed by atoms with Gasteiger partial charge < -0.3 is 14.7 Å². The highest BCUT2D eigenvalue weighted by atomic mass is 16.2. The van der Waals surface area contributed by atoms with Crippen LogP contribution in [0.5, 0.6) is 0 Å². The molecule has 0 atom stereocenters. The highest BCUT2D eigenvalue weighted by Crippen LogP contribution is 2.26. The lowest BCUT2D eigenvalue weighted by Gasteiger charge is -2.37. The van der Waals surface area contributed by atoms with Crippen LogP contribution in [0.15, 0.2) is 36.5 Å². The molecule has 1 aromatic carbocycles. The number of nitrogens with zero attached hydrogens (tertiary/aromatic N) is 4. The molecule has 1 aliphatic carbocycles. The summed E-state index contributed by atoms with van der Waals surface area (Å²) in [5.41, 5.74) is 4.79. The summed E-state index contributed by atoms with van der Waals surface area (Å²) < 4.78 is 0. The zero-order chi connectivity index (χ0) is 19.7. The molecule has 1 saturated heterocycles. The number of piperidine rings is 1. The number of carbonyl (C=O) groups is 1. The molecule has 2 aliphatic rings. The Hall–Kier alpha value is -2.56. The van der Waals surface area contributed by atoms with E-state index in [4.69, 9.17) is 0 Å². The fourth-order valence-corrected chi connectivity index (χ4v) is 4.42. The van der Waals surface area contributed by atoms with E-state index in [9.17, 15) is 4.79 Å². The molecule has 2 aromatic rings. The van der Waals surface area contributed by atoms with E-state index in [1.54, 1.807) is 0 Å². The summed E-state index contributed by atoms with van der Waals surface area (Å²) in [6.07, 6.45) is 7.41. The molecule has 1 amide bonds. The molecule has 0 saturated carbocycles. The van der Waals surface area contributed by atoms with E-state index < -0.39 is 0 Å². The molecule has 28 heavy (non-hydrogen) atoms. The molecule has 148 valence electrons. The Morgan fingerprint density at radius 1 is 1.04 bits per heavy atom. The first-order valence-corrected chi connectivity index (χ1v) is 10.3. The Labute approximate surface area is 168 Å². The molecule has 4 rings (SSSR count). The van der Waals surface area contributed by atoms with Crippen LogP contribution in [0.2, 0.25) is 0 Å². The van der Waals surface area contributed by atoms with Gasteiger partial charge in [0, 0.05) is 45.8 Å². The summed E-state index contributed by atoms with van der Waals surface area (Å²) in [5, 5.41) is 0. The van der Waals surface area contributed by atoms with Gasteiger partial charge in [-0.25, -0.2) is 4.98 Å². The topological polar surface area (TPSA) is 39.7 Å². The van der Waals surface area contributed by atoms with E-state index in [1.807, 2.05) is 43.2 Å². The number of hydrogen-bond donors (Lipinski definition) is 0. The Kier molecular flexibility index (Phi) is 5.25. The van der Waals surface area contributed by atoms with Gasteiger partial charge in [0.15, 0.2) is 0 Å². The number of fused-ring (bicyclic) bond motifs is 1. The minimum atomic E-state index is 0.158. The van der Waals surface area contributed by atoms with Gasteiger partial charge >= 0.3 is 0 Å². The minimum absolute atomic E-state index is 0.158. The van der Waals surface area contributed by atoms with Crippen molar-refractivity contribution in [2.24, 2.45) is 0 Å².